The Morgan fingerprint density at radius 1 is 1.33 bits per heavy atom. The predicted octanol–water partition coefficient (Wildman–Crippen LogP) is 2.51. The van der Waals surface area contributed by atoms with Gasteiger partial charge in [0.25, 0.3) is 0 Å². The van der Waals surface area contributed by atoms with Crippen LogP contribution in [-0.2, 0) is 4.79 Å². The van der Waals surface area contributed by atoms with Crippen molar-refractivity contribution in [2.75, 3.05) is 24.5 Å². The first-order valence-corrected chi connectivity index (χ1v) is 7.93. The lowest BCUT2D eigenvalue weighted by molar-refractivity contribution is -0.136. The van der Waals surface area contributed by atoms with Crippen LogP contribution in [0.3, 0.4) is 0 Å². The van der Waals surface area contributed by atoms with Crippen molar-refractivity contribution in [3.63, 3.8) is 0 Å². The molecule has 1 N–H and O–H groups in total. The van der Waals surface area contributed by atoms with Crippen molar-refractivity contribution in [3.8, 4) is 0 Å². The number of aryl methyl sites for hydroxylation is 1. The van der Waals surface area contributed by atoms with Crippen LogP contribution >= 0.6 is 0 Å². The second kappa shape index (κ2) is 6.06. The Hall–Kier alpha value is -1.55. The van der Waals surface area contributed by atoms with Crippen molar-refractivity contribution >= 4 is 11.7 Å². The minimum Gasteiger partial charge on any atom is -0.481 e. The van der Waals surface area contributed by atoms with Gasteiger partial charge in [0.1, 0.15) is 0 Å². The number of rotatable bonds is 6. The molecule has 4 heteroatoms. The highest BCUT2D eigenvalue weighted by molar-refractivity contribution is 5.68. The first kappa shape index (κ1) is 14.4. The molecular formula is C17H24N2O2. The normalized spacial score (nSPS) is 22.4. The SMILES string of the molecule is Cc1ccccc1N(CCC(=O)O)C1CCN(C2CC2)C1. The third-order valence-corrected chi connectivity index (χ3v) is 4.69. The van der Waals surface area contributed by atoms with Crippen LogP contribution in [0.25, 0.3) is 0 Å². The minimum atomic E-state index is -0.717. The van der Waals surface area contributed by atoms with E-state index >= 15 is 0 Å². The zero-order valence-corrected chi connectivity index (χ0v) is 12.7. The summed E-state index contributed by atoms with van der Waals surface area (Å²) in [7, 11) is 0. The Balaban J connectivity index is 1.75. The molecule has 1 saturated heterocycles. The number of likely N-dealkylation sites (tertiary alicyclic amines) is 1. The van der Waals surface area contributed by atoms with Crippen LogP contribution in [0.4, 0.5) is 5.69 Å². The first-order chi connectivity index (χ1) is 10.1. The maximum atomic E-state index is 11.0. The van der Waals surface area contributed by atoms with Crippen molar-refractivity contribution in [2.24, 2.45) is 0 Å². The summed E-state index contributed by atoms with van der Waals surface area (Å²) in [5.41, 5.74) is 2.43. The largest absolute Gasteiger partial charge is 0.481 e. The molecule has 1 saturated carbocycles. The van der Waals surface area contributed by atoms with Crippen LogP contribution in [0, 0.1) is 6.92 Å². The number of carboxylic acid groups (broad SMARTS) is 1. The highest BCUT2D eigenvalue weighted by atomic mass is 16.4. The Labute approximate surface area is 126 Å². The number of carbonyl (C=O) groups is 1. The predicted molar refractivity (Wildman–Crippen MR) is 83.8 cm³/mol. The summed E-state index contributed by atoms with van der Waals surface area (Å²) >= 11 is 0. The van der Waals surface area contributed by atoms with E-state index in [0.29, 0.717) is 12.6 Å². The summed E-state index contributed by atoms with van der Waals surface area (Å²) in [5.74, 6) is -0.717. The summed E-state index contributed by atoms with van der Waals surface area (Å²) in [4.78, 5) is 15.9. The fourth-order valence-electron chi connectivity index (χ4n) is 3.40. The van der Waals surface area contributed by atoms with Gasteiger partial charge in [0.2, 0.25) is 0 Å². The van der Waals surface area contributed by atoms with Gasteiger partial charge in [-0.05, 0) is 37.8 Å². The molecule has 1 heterocycles. The Kier molecular flexibility index (Phi) is 4.15. The standard InChI is InChI=1S/C17H24N2O2/c1-13-4-2-3-5-16(13)19(11-9-17(20)21)15-8-10-18(12-15)14-6-7-14/h2-5,14-15H,6-12H2,1H3,(H,20,21). The van der Waals surface area contributed by atoms with Crippen molar-refractivity contribution in [1.29, 1.82) is 0 Å². The third-order valence-electron chi connectivity index (χ3n) is 4.69. The number of benzene rings is 1. The average Bonchev–Trinajstić information content (AvgIpc) is 3.20. The topological polar surface area (TPSA) is 43.8 Å². The van der Waals surface area contributed by atoms with Crippen LogP contribution in [0.1, 0.15) is 31.2 Å². The Morgan fingerprint density at radius 2 is 2.10 bits per heavy atom. The van der Waals surface area contributed by atoms with Gasteiger partial charge < -0.3 is 10.0 Å². The summed E-state index contributed by atoms with van der Waals surface area (Å²) in [5, 5.41) is 9.03. The van der Waals surface area contributed by atoms with E-state index in [9.17, 15) is 4.79 Å². The van der Waals surface area contributed by atoms with Gasteiger partial charge >= 0.3 is 5.97 Å². The van der Waals surface area contributed by atoms with E-state index in [-0.39, 0.29) is 6.42 Å². The first-order valence-electron chi connectivity index (χ1n) is 7.93. The van der Waals surface area contributed by atoms with Crippen molar-refractivity contribution < 1.29 is 9.90 Å². The van der Waals surface area contributed by atoms with Crippen LogP contribution in [0.2, 0.25) is 0 Å². The molecule has 114 valence electrons. The molecule has 0 radical (unpaired) electrons. The average molecular weight is 288 g/mol. The molecule has 1 unspecified atom stereocenters. The fourth-order valence-corrected chi connectivity index (χ4v) is 3.40. The molecule has 4 nitrogen and oxygen atoms in total. The minimum absolute atomic E-state index is 0.203. The van der Waals surface area contributed by atoms with Gasteiger partial charge in [0.05, 0.1) is 6.42 Å². The molecule has 1 aromatic rings. The third kappa shape index (κ3) is 3.38. The molecule has 1 aliphatic carbocycles. The second-order valence-electron chi connectivity index (χ2n) is 6.29. The fraction of sp³-hybridized carbons (Fsp3) is 0.588. The highest BCUT2D eigenvalue weighted by Crippen LogP contribution is 2.33. The molecule has 21 heavy (non-hydrogen) atoms. The van der Waals surface area contributed by atoms with E-state index < -0.39 is 5.97 Å². The summed E-state index contributed by atoms with van der Waals surface area (Å²) in [6.07, 6.45) is 4.02. The maximum Gasteiger partial charge on any atom is 0.305 e. The lowest BCUT2D eigenvalue weighted by Gasteiger charge is -2.32. The smallest absolute Gasteiger partial charge is 0.305 e. The number of hydrogen-bond acceptors (Lipinski definition) is 3. The van der Waals surface area contributed by atoms with E-state index in [1.807, 2.05) is 12.1 Å². The van der Waals surface area contributed by atoms with E-state index in [1.165, 1.54) is 24.1 Å². The van der Waals surface area contributed by atoms with Crippen molar-refractivity contribution in [1.82, 2.24) is 4.90 Å². The number of carboxylic acids is 1. The molecule has 0 aromatic heterocycles. The number of para-hydroxylation sites is 1. The van der Waals surface area contributed by atoms with Crippen LogP contribution in [0.15, 0.2) is 24.3 Å². The summed E-state index contributed by atoms with van der Waals surface area (Å²) in [6.45, 7) is 4.95. The molecule has 1 atom stereocenters. The van der Waals surface area contributed by atoms with Gasteiger partial charge in [0, 0.05) is 37.4 Å². The van der Waals surface area contributed by atoms with Crippen molar-refractivity contribution in [3.05, 3.63) is 29.8 Å². The lowest BCUT2D eigenvalue weighted by Crippen LogP contribution is -2.39. The quantitative estimate of drug-likeness (QED) is 0.873. The van der Waals surface area contributed by atoms with E-state index in [1.54, 1.807) is 0 Å². The molecule has 1 aliphatic heterocycles. The molecule has 2 aliphatic rings. The van der Waals surface area contributed by atoms with Gasteiger partial charge in [-0.3, -0.25) is 9.69 Å². The molecule has 2 fully saturated rings. The summed E-state index contributed by atoms with van der Waals surface area (Å²) in [6, 6.07) is 9.57. The van der Waals surface area contributed by atoms with E-state index in [4.69, 9.17) is 5.11 Å². The van der Waals surface area contributed by atoms with Gasteiger partial charge in [-0.15, -0.1) is 0 Å². The monoisotopic (exact) mass is 288 g/mol. The lowest BCUT2D eigenvalue weighted by atomic mass is 10.1. The Morgan fingerprint density at radius 3 is 2.76 bits per heavy atom. The zero-order valence-electron chi connectivity index (χ0n) is 12.7. The molecular weight excluding hydrogens is 264 g/mol. The molecule has 0 amide bonds. The van der Waals surface area contributed by atoms with Gasteiger partial charge in [-0.25, -0.2) is 0 Å². The maximum absolute atomic E-state index is 11.0. The second-order valence-corrected chi connectivity index (χ2v) is 6.29. The zero-order chi connectivity index (χ0) is 14.8. The van der Waals surface area contributed by atoms with Crippen molar-refractivity contribution in [2.45, 2.75) is 44.7 Å². The van der Waals surface area contributed by atoms with Crippen LogP contribution in [-0.4, -0.2) is 47.7 Å². The van der Waals surface area contributed by atoms with Crippen LogP contribution < -0.4 is 4.90 Å². The summed E-state index contributed by atoms with van der Waals surface area (Å²) < 4.78 is 0. The molecule has 1 aromatic carbocycles. The molecule has 0 bridgehead atoms. The van der Waals surface area contributed by atoms with Crippen LogP contribution in [0.5, 0.6) is 0 Å². The number of aliphatic carboxylic acids is 1. The molecule has 0 spiro atoms. The highest BCUT2D eigenvalue weighted by Gasteiger charge is 2.36. The number of nitrogens with zero attached hydrogens (tertiary/aromatic N) is 2. The van der Waals surface area contributed by atoms with E-state index in [2.05, 4.69) is 28.9 Å². The molecule has 3 rings (SSSR count). The number of anilines is 1. The van der Waals surface area contributed by atoms with Gasteiger partial charge in [-0.2, -0.15) is 0 Å². The number of hydrogen-bond donors (Lipinski definition) is 1. The Bertz CT molecular complexity index is 513. The van der Waals surface area contributed by atoms with Gasteiger partial charge in [0.15, 0.2) is 0 Å². The van der Waals surface area contributed by atoms with E-state index in [0.717, 1.165) is 25.6 Å². The van der Waals surface area contributed by atoms with Gasteiger partial charge in [-0.1, -0.05) is 18.2 Å².